The monoisotopic (exact) mass is 469 g/mol. The van der Waals surface area contributed by atoms with Crippen LogP contribution in [0.2, 0.25) is 0 Å². The van der Waals surface area contributed by atoms with Crippen LogP contribution in [-0.2, 0) is 4.79 Å². The van der Waals surface area contributed by atoms with Gasteiger partial charge < -0.3 is 5.32 Å². The Morgan fingerprint density at radius 3 is 2.49 bits per heavy atom. The maximum absolute atomic E-state index is 13.6. The number of non-ortho nitro benzene ring substituents is 1. The summed E-state index contributed by atoms with van der Waals surface area (Å²) in [5.74, 6) is -0.0690. The van der Waals surface area contributed by atoms with E-state index in [4.69, 9.17) is 4.98 Å². The summed E-state index contributed by atoms with van der Waals surface area (Å²) in [6.45, 7) is 2.09. The molecule has 9 heteroatoms. The Morgan fingerprint density at radius 1 is 1.03 bits per heavy atom. The molecule has 176 valence electrons. The van der Waals surface area contributed by atoms with Gasteiger partial charge in [-0.05, 0) is 36.8 Å². The van der Waals surface area contributed by atoms with E-state index in [-0.39, 0.29) is 17.2 Å². The van der Waals surface area contributed by atoms with Gasteiger partial charge in [0, 0.05) is 35.5 Å². The molecule has 5 aromatic rings. The summed E-state index contributed by atoms with van der Waals surface area (Å²) in [5.41, 5.74) is 2.48. The third-order valence-electron chi connectivity index (χ3n) is 6.03. The quantitative estimate of drug-likeness (QED) is 0.200. The van der Waals surface area contributed by atoms with Crippen LogP contribution in [-0.4, -0.2) is 24.8 Å². The predicted molar refractivity (Wildman–Crippen MR) is 135 cm³/mol. The second-order valence-electron chi connectivity index (χ2n) is 8.39. The van der Waals surface area contributed by atoms with Gasteiger partial charge in [0.1, 0.15) is 11.2 Å². The lowest BCUT2D eigenvalue weighted by Crippen LogP contribution is -2.20. The minimum absolute atomic E-state index is 0.0648. The van der Waals surface area contributed by atoms with Gasteiger partial charge in [-0.2, -0.15) is 0 Å². The minimum Gasteiger partial charge on any atom is -0.325 e. The maximum Gasteiger partial charge on any atom is 0.269 e. The molecule has 0 aliphatic rings. The molecule has 0 spiro atoms. The molecule has 9 nitrogen and oxygen atoms in total. The molecule has 1 amide bonds. The number of carbonyl (C=O) groups is 1. The Balaban J connectivity index is 1.73. The van der Waals surface area contributed by atoms with Gasteiger partial charge in [0.2, 0.25) is 5.91 Å². The molecule has 3 heterocycles. The number of nitro benzene ring substituents is 1. The first-order valence-corrected chi connectivity index (χ1v) is 11.5. The van der Waals surface area contributed by atoms with E-state index in [2.05, 4.69) is 12.2 Å². The number of anilines is 1. The van der Waals surface area contributed by atoms with Gasteiger partial charge in [-0.15, -0.1) is 0 Å². The number of nitro groups is 1. The molecule has 0 saturated heterocycles. The molecular weight excluding hydrogens is 446 g/mol. The standard InChI is InChI=1S/C26H23N5O4/c1-2-3-4-9-23(32)27-17-10-15-22-28-24-20-7-5-6-8-21(20)26(33)30(25(24)29(22)16-17)18-11-13-19(14-12-18)31(34)35/h5-8,10-16H,2-4,9H2,1H3,(H,27,32). The van der Waals surface area contributed by atoms with Crippen molar-refractivity contribution in [2.24, 2.45) is 0 Å². The van der Waals surface area contributed by atoms with E-state index in [1.54, 1.807) is 47.0 Å². The van der Waals surface area contributed by atoms with Gasteiger partial charge in [0.15, 0.2) is 5.65 Å². The van der Waals surface area contributed by atoms with Crippen molar-refractivity contribution >= 4 is 44.9 Å². The number of aromatic nitrogens is 3. The van der Waals surface area contributed by atoms with E-state index in [0.29, 0.717) is 45.4 Å². The Hall–Kier alpha value is -4.53. The van der Waals surface area contributed by atoms with E-state index in [0.717, 1.165) is 19.3 Å². The van der Waals surface area contributed by atoms with Gasteiger partial charge in [-0.3, -0.25) is 28.7 Å². The molecule has 5 rings (SSSR count). The summed E-state index contributed by atoms with van der Waals surface area (Å²) in [7, 11) is 0. The number of benzene rings is 2. The first-order valence-electron chi connectivity index (χ1n) is 11.5. The van der Waals surface area contributed by atoms with Crippen LogP contribution in [0.5, 0.6) is 0 Å². The van der Waals surface area contributed by atoms with Crippen LogP contribution < -0.4 is 10.9 Å². The van der Waals surface area contributed by atoms with Gasteiger partial charge in [-0.1, -0.05) is 38.0 Å². The molecule has 35 heavy (non-hydrogen) atoms. The molecule has 2 aromatic carbocycles. The molecule has 0 radical (unpaired) electrons. The predicted octanol–water partition coefficient (Wildman–Crippen LogP) is 5.22. The van der Waals surface area contributed by atoms with Crippen LogP contribution in [0, 0.1) is 10.1 Å². The van der Waals surface area contributed by atoms with E-state index in [1.807, 2.05) is 12.1 Å². The summed E-state index contributed by atoms with van der Waals surface area (Å²) in [6.07, 6.45) is 5.04. The number of fused-ring (bicyclic) bond motifs is 5. The van der Waals surface area contributed by atoms with Crippen molar-refractivity contribution in [1.82, 2.24) is 14.0 Å². The fraction of sp³-hybridized carbons (Fsp3) is 0.192. The highest BCUT2D eigenvalue weighted by Crippen LogP contribution is 2.27. The molecule has 0 fully saturated rings. The van der Waals surface area contributed by atoms with Gasteiger partial charge in [0.05, 0.1) is 16.3 Å². The first kappa shape index (κ1) is 22.3. The molecule has 0 bridgehead atoms. The number of nitrogens with zero attached hydrogens (tertiary/aromatic N) is 4. The summed E-state index contributed by atoms with van der Waals surface area (Å²) in [6, 6.07) is 16.6. The normalized spacial score (nSPS) is 11.3. The van der Waals surface area contributed by atoms with E-state index in [1.165, 1.54) is 16.7 Å². The van der Waals surface area contributed by atoms with Crippen LogP contribution in [0.3, 0.4) is 0 Å². The fourth-order valence-corrected chi connectivity index (χ4v) is 4.32. The number of rotatable bonds is 7. The largest absolute Gasteiger partial charge is 0.325 e. The molecule has 0 unspecified atom stereocenters. The average molecular weight is 470 g/mol. The zero-order valence-electron chi connectivity index (χ0n) is 19.1. The van der Waals surface area contributed by atoms with E-state index in [9.17, 15) is 19.7 Å². The molecule has 3 aromatic heterocycles. The zero-order chi connectivity index (χ0) is 24.5. The topological polar surface area (TPSA) is 112 Å². The third kappa shape index (κ3) is 4.01. The maximum atomic E-state index is 13.6. The van der Waals surface area contributed by atoms with Crippen LogP contribution in [0.1, 0.15) is 32.6 Å². The minimum atomic E-state index is -0.480. The average Bonchev–Trinajstić information content (AvgIpc) is 3.23. The van der Waals surface area contributed by atoms with Crippen molar-refractivity contribution in [3.63, 3.8) is 0 Å². The van der Waals surface area contributed by atoms with Crippen molar-refractivity contribution in [2.75, 3.05) is 5.32 Å². The van der Waals surface area contributed by atoms with Crippen molar-refractivity contribution < 1.29 is 9.72 Å². The van der Waals surface area contributed by atoms with Crippen molar-refractivity contribution in [2.45, 2.75) is 32.6 Å². The van der Waals surface area contributed by atoms with Crippen molar-refractivity contribution in [3.8, 4) is 5.69 Å². The van der Waals surface area contributed by atoms with Crippen LogP contribution >= 0.6 is 0 Å². The molecule has 0 aliphatic carbocycles. The third-order valence-corrected chi connectivity index (χ3v) is 6.03. The highest BCUT2D eigenvalue weighted by Gasteiger charge is 2.18. The van der Waals surface area contributed by atoms with E-state index < -0.39 is 4.92 Å². The van der Waals surface area contributed by atoms with Crippen molar-refractivity contribution in [1.29, 1.82) is 0 Å². The number of carbonyl (C=O) groups excluding carboxylic acids is 1. The Labute approximate surface area is 199 Å². The van der Waals surface area contributed by atoms with Gasteiger partial charge in [0.25, 0.3) is 11.2 Å². The Morgan fingerprint density at radius 2 is 1.77 bits per heavy atom. The second-order valence-corrected chi connectivity index (χ2v) is 8.39. The SMILES string of the molecule is CCCCCC(=O)Nc1ccc2nc3c4ccccc4c(=O)n(-c4ccc([N+](=O)[O-])cc4)c3n2c1. The highest BCUT2D eigenvalue weighted by atomic mass is 16.6. The Bertz CT molecular complexity index is 1650. The number of pyridine rings is 2. The van der Waals surface area contributed by atoms with Crippen LogP contribution in [0.4, 0.5) is 11.4 Å². The summed E-state index contributed by atoms with van der Waals surface area (Å²) >= 11 is 0. The van der Waals surface area contributed by atoms with Crippen molar-refractivity contribution in [3.05, 3.63) is 87.3 Å². The number of imidazole rings is 1. The number of nitrogens with one attached hydrogen (secondary N) is 1. The smallest absolute Gasteiger partial charge is 0.269 e. The number of unbranched alkanes of at least 4 members (excludes halogenated alkanes) is 2. The molecular formula is C26H23N5O4. The molecule has 0 atom stereocenters. The lowest BCUT2D eigenvalue weighted by atomic mass is 10.1. The lowest BCUT2D eigenvalue weighted by molar-refractivity contribution is -0.384. The summed E-state index contributed by atoms with van der Waals surface area (Å²) in [5, 5.41) is 15.3. The van der Waals surface area contributed by atoms with Gasteiger partial charge in [-0.25, -0.2) is 4.98 Å². The highest BCUT2D eigenvalue weighted by molar-refractivity contribution is 6.04. The van der Waals surface area contributed by atoms with Crippen LogP contribution in [0.15, 0.2) is 71.7 Å². The van der Waals surface area contributed by atoms with Crippen LogP contribution in [0.25, 0.3) is 33.3 Å². The molecule has 0 aliphatic heterocycles. The zero-order valence-corrected chi connectivity index (χ0v) is 19.1. The molecule has 0 saturated carbocycles. The van der Waals surface area contributed by atoms with E-state index >= 15 is 0 Å². The number of hydrogen-bond acceptors (Lipinski definition) is 5. The fourth-order valence-electron chi connectivity index (χ4n) is 4.32. The molecule has 1 N–H and O–H groups in total. The second kappa shape index (κ2) is 9.02. The Kier molecular flexibility index (Phi) is 5.74. The summed E-state index contributed by atoms with van der Waals surface area (Å²) in [4.78, 5) is 41.4. The number of amides is 1. The van der Waals surface area contributed by atoms with Gasteiger partial charge >= 0.3 is 0 Å². The first-order chi connectivity index (χ1) is 17.0. The lowest BCUT2D eigenvalue weighted by Gasteiger charge is -2.12. The summed E-state index contributed by atoms with van der Waals surface area (Å²) < 4.78 is 3.28. The number of hydrogen-bond donors (Lipinski definition) is 1.